The summed E-state index contributed by atoms with van der Waals surface area (Å²) in [5.41, 5.74) is 1.04. The molecule has 1 heterocycles. The van der Waals surface area contributed by atoms with Crippen LogP contribution in [0.2, 0.25) is 0 Å². The summed E-state index contributed by atoms with van der Waals surface area (Å²) in [4.78, 5) is 13.7. The minimum Gasteiger partial charge on any atom is -0.481 e. The number of aryl methyl sites for hydroxylation is 1. The Morgan fingerprint density at radius 3 is 2.12 bits per heavy atom. The second-order valence-corrected chi connectivity index (χ2v) is 5.73. The zero-order valence-electron chi connectivity index (χ0n) is 13.3. The van der Waals surface area contributed by atoms with E-state index in [0.717, 1.165) is 0 Å². The largest absolute Gasteiger partial charge is 0.481 e. The number of benzene rings is 2. The van der Waals surface area contributed by atoms with Gasteiger partial charge in [-0.2, -0.15) is 0 Å². The maximum Gasteiger partial charge on any atom is 0.303 e. The van der Waals surface area contributed by atoms with Crippen molar-refractivity contribution < 1.29 is 27.5 Å². The zero-order chi connectivity index (χ0) is 18.8. The van der Waals surface area contributed by atoms with Gasteiger partial charge in [-0.1, -0.05) is 0 Å². The Bertz CT molecular complexity index is 941. The number of carboxylic acid groups (broad SMARTS) is 1. The monoisotopic (exact) mass is 363 g/mol. The fraction of sp³-hybridized carbons (Fsp3) is 0.105. The van der Waals surface area contributed by atoms with Crippen molar-refractivity contribution in [2.75, 3.05) is 0 Å². The van der Waals surface area contributed by atoms with E-state index in [1.54, 1.807) is 0 Å². The molecule has 1 aromatic heterocycles. The average Bonchev–Trinajstić information content (AvgIpc) is 2.96. The Morgan fingerprint density at radius 2 is 1.54 bits per heavy atom. The van der Waals surface area contributed by atoms with E-state index < -0.39 is 34.8 Å². The highest BCUT2D eigenvalue weighted by atomic mass is 19.1. The molecule has 0 atom stereocenters. The van der Waals surface area contributed by atoms with Crippen molar-refractivity contribution in [1.82, 2.24) is 4.98 Å². The lowest BCUT2D eigenvalue weighted by Gasteiger charge is -2.04. The van der Waals surface area contributed by atoms with Crippen LogP contribution < -0.4 is 0 Å². The van der Waals surface area contributed by atoms with Gasteiger partial charge in [-0.25, -0.2) is 17.6 Å². The molecule has 0 fully saturated rings. The van der Waals surface area contributed by atoms with Crippen molar-refractivity contribution in [2.45, 2.75) is 12.8 Å². The third kappa shape index (κ3) is 3.61. The first kappa shape index (κ1) is 17.7. The zero-order valence-corrected chi connectivity index (χ0v) is 13.3. The molecule has 0 saturated heterocycles. The van der Waals surface area contributed by atoms with Crippen LogP contribution in [0.15, 0.2) is 42.5 Å². The molecule has 0 unspecified atom stereocenters. The van der Waals surface area contributed by atoms with Crippen LogP contribution in [-0.2, 0) is 11.2 Å². The third-order valence-electron chi connectivity index (χ3n) is 3.92. The smallest absolute Gasteiger partial charge is 0.303 e. The highest BCUT2D eigenvalue weighted by Crippen LogP contribution is 2.33. The molecule has 3 rings (SSSR count). The molecule has 134 valence electrons. The predicted molar refractivity (Wildman–Crippen MR) is 87.5 cm³/mol. The van der Waals surface area contributed by atoms with E-state index in [-0.39, 0.29) is 18.5 Å². The number of rotatable bonds is 5. The van der Waals surface area contributed by atoms with Crippen LogP contribution in [0.4, 0.5) is 17.6 Å². The lowest BCUT2D eigenvalue weighted by atomic mass is 10.0. The number of hydrogen-bond donors (Lipinski definition) is 2. The summed E-state index contributed by atoms with van der Waals surface area (Å²) in [5, 5.41) is 8.89. The van der Waals surface area contributed by atoms with Crippen molar-refractivity contribution in [3.05, 3.63) is 71.3 Å². The Kier molecular flexibility index (Phi) is 4.79. The normalized spacial score (nSPS) is 10.9. The molecule has 2 aromatic carbocycles. The number of H-pyrrole nitrogens is 1. The van der Waals surface area contributed by atoms with Gasteiger partial charge < -0.3 is 10.1 Å². The Labute approximate surface area is 145 Å². The average molecular weight is 363 g/mol. The molecule has 0 bridgehead atoms. The van der Waals surface area contributed by atoms with Gasteiger partial charge in [0.1, 0.15) is 23.3 Å². The number of aromatic amines is 1. The van der Waals surface area contributed by atoms with Crippen LogP contribution in [0.3, 0.4) is 0 Å². The van der Waals surface area contributed by atoms with Crippen molar-refractivity contribution in [3.8, 4) is 22.5 Å². The summed E-state index contributed by atoms with van der Waals surface area (Å²) < 4.78 is 54.4. The summed E-state index contributed by atoms with van der Waals surface area (Å²) in [6.07, 6.45) is -0.0944. The first-order valence-electron chi connectivity index (χ1n) is 7.69. The van der Waals surface area contributed by atoms with Crippen molar-refractivity contribution in [1.29, 1.82) is 0 Å². The molecule has 3 aromatic rings. The predicted octanol–water partition coefficient (Wildman–Crippen LogP) is 4.92. The molecular formula is C19H13F4NO2. The van der Waals surface area contributed by atoms with Gasteiger partial charge in [0.25, 0.3) is 0 Å². The maximum absolute atomic E-state index is 14.1. The SMILES string of the molecule is O=C(O)CCc1cc(-c2c(F)cc(F)cc2F)[nH]c1-c1ccc(F)cc1. The number of hydrogen-bond acceptors (Lipinski definition) is 1. The lowest BCUT2D eigenvalue weighted by molar-refractivity contribution is -0.136. The number of aromatic nitrogens is 1. The first-order chi connectivity index (χ1) is 12.3. The van der Waals surface area contributed by atoms with Gasteiger partial charge in [0.05, 0.1) is 11.3 Å². The van der Waals surface area contributed by atoms with E-state index in [1.165, 1.54) is 30.3 Å². The molecule has 3 nitrogen and oxygen atoms in total. The van der Waals surface area contributed by atoms with Gasteiger partial charge in [-0.3, -0.25) is 4.79 Å². The minimum atomic E-state index is -1.08. The fourth-order valence-electron chi connectivity index (χ4n) is 2.74. The van der Waals surface area contributed by atoms with Gasteiger partial charge in [0.2, 0.25) is 0 Å². The molecule has 0 radical (unpaired) electrons. The standard InChI is InChI=1S/C19H13F4NO2/c20-12-4-1-10(2-5-12)19-11(3-6-17(25)26)7-16(24-19)18-14(22)8-13(21)9-15(18)23/h1-2,4-5,7-9,24H,3,6H2,(H,25,26). The molecule has 0 amide bonds. The molecule has 2 N–H and O–H groups in total. The van der Waals surface area contributed by atoms with Gasteiger partial charge in [-0.05, 0) is 47.9 Å². The van der Waals surface area contributed by atoms with Gasteiger partial charge in [0, 0.05) is 24.2 Å². The number of aliphatic carboxylic acids is 1. The first-order valence-corrected chi connectivity index (χ1v) is 7.69. The Morgan fingerprint density at radius 1 is 0.923 bits per heavy atom. The van der Waals surface area contributed by atoms with Crippen LogP contribution in [0.1, 0.15) is 12.0 Å². The number of carbonyl (C=O) groups is 1. The molecule has 0 aliphatic carbocycles. The topological polar surface area (TPSA) is 53.1 Å². The van der Waals surface area contributed by atoms with Crippen LogP contribution >= 0.6 is 0 Å². The minimum absolute atomic E-state index is 0.0414. The summed E-state index contributed by atoms with van der Waals surface area (Å²) in [5.74, 6) is -4.70. The number of nitrogens with one attached hydrogen (secondary N) is 1. The quantitative estimate of drug-likeness (QED) is 0.632. The molecular weight excluding hydrogens is 350 g/mol. The highest BCUT2D eigenvalue weighted by Gasteiger charge is 2.19. The molecule has 0 spiro atoms. The van der Waals surface area contributed by atoms with E-state index in [0.29, 0.717) is 29.0 Å². The Balaban J connectivity index is 2.12. The fourth-order valence-corrected chi connectivity index (χ4v) is 2.74. The molecule has 26 heavy (non-hydrogen) atoms. The van der Waals surface area contributed by atoms with Crippen LogP contribution in [-0.4, -0.2) is 16.1 Å². The van der Waals surface area contributed by atoms with Crippen LogP contribution in [0, 0.1) is 23.3 Å². The second kappa shape index (κ2) is 7.03. The second-order valence-electron chi connectivity index (χ2n) is 5.73. The maximum atomic E-state index is 14.1. The van der Waals surface area contributed by atoms with E-state index in [1.807, 2.05) is 0 Å². The van der Waals surface area contributed by atoms with E-state index >= 15 is 0 Å². The van der Waals surface area contributed by atoms with Crippen molar-refractivity contribution >= 4 is 5.97 Å². The van der Waals surface area contributed by atoms with E-state index in [4.69, 9.17) is 5.11 Å². The van der Waals surface area contributed by atoms with Gasteiger partial charge in [-0.15, -0.1) is 0 Å². The molecule has 0 aliphatic rings. The van der Waals surface area contributed by atoms with E-state index in [2.05, 4.69) is 4.98 Å². The van der Waals surface area contributed by atoms with Crippen LogP contribution in [0.25, 0.3) is 22.5 Å². The molecule has 7 heteroatoms. The van der Waals surface area contributed by atoms with Gasteiger partial charge >= 0.3 is 5.97 Å². The summed E-state index contributed by atoms with van der Waals surface area (Å²) in [7, 11) is 0. The Hall–Kier alpha value is -3.09. The summed E-state index contributed by atoms with van der Waals surface area (Å²) >= 11 is 0. The summed E-state index contributed by atoms with van der Waals surface area (Å²) in [6.45, 7) is 0. The van der Waals surface area contributed by atoms with Crippen molar-refractivity contribution in [2.24, 2.45) is 0 Å². The van der Waals surface area contributed by atoms with E-state index in [9.17, 15) is 22.4 Å². The highest BCUT2D eigenvalue weighted by molar-refractivity contribution is 5.74. The van der Waals surface area contributed by atoms with Crippen LogP contribution in [0.5, 0.6) is 0 Å². The summed E-state index contributed by atoms with van der Waals surface area (Å²) in [6, 6.07) is 7.91. The lowest BCUT2D eigenvalue weighted by Crippen LogP contribution is -1.97. The third-order valence-corrected chi connectivity index (χ3v) is 3.92. The van der Waals surface area contributed by atoms with Crippen molar-refractivity contribution in [3.63, 3.8) is 0 Å². The molecule has 0 aliphatic heterocycles. The number of carboxylic acids is 1. The van der Waals surface area contributed by atoms with Gasteiger partial charge in [0.15, 0.2) is 0 Å². The molecule has 0 saturated carbocycles. The number of halogens is 4.